The molecule has 0 fully saturated rings. The van der Waals surface area contributed by atoms with Crippen LogP contribution in [0.15, 0.2) is 182 Å². The number of benzene rings is 6. The van der Waals surface area contributed by atoms with E-state index in [9.17, 15) is 0 Å². The van der Waals surface area contributed by atoms with Crippen molar-refractivity contribution in [3.05, 3.63) is 218 Å². The van der Waals surface area contributed by atoms with E-state index >= 15 is 0 Å². The van der Waals surface area contributed by atoms with E-state index < -0.39 is 0 Å². The summed E-state index contributed by atoms with van der Waals surface area (Å²) in [6, 6.07) is 59.6. The maximum absolute atomic E-state index is 4.44. The summed E-state index contributed by atoms with van der Waals surface area (Å²) in [5.74, 6) is 0. The van der Waals surface area contributed by atoms with E-state index in [1.54, 1.807) is 0 Å². The van der Waals surface area contributed by atoms with Crippen molar-refractivity contribution < 1.29 is 26.2 Å². The van der Waals surface area contributed by atoms with Crippen molar-refractivity contribution in [2.24, 2.45) is 0 Å². The SMILES string of the molecule is [CH2-]c1ccccc1.[CH2-]c1ccccc1.[Zr+4].c1ccc([N-]c2ccccc2)cc1.c1ccc([N-]c2ccccc2)cc1. The van der Waals surface area contributed by atoms with Gasteiger partial charge in [-0.15, -0.1) is 47.0 Å². The average molecular weight is 610 g/mol. The second-order valence-corrected chi connectivity index (χ2v) is 8.54. The summed E-state index contributed by atoms with van der Waals surface area (Å²) >= 11 is 0. The molecule has 6 aromatic rings. The quantitative estimate of drug-likeness (QED) is 0.178. The van der Waals surface area contributed by atoms with Crippen LogP contribution in [0, 0.1) is 13.8 Å². The zero-order chi connectivity index (χ0) is 28.1. The average Bonchev–Trinajstić information content (AvgIpc) is 3.01. The van der Waals surface area contributed by atoms with Gasteiger partial charge in [0.2, 0.25) is 0 Å². The van der Waals surface area contributed by atoms with Crippen LogP contribution in [0.25, 0.3) is 10.6 Å². The first-order valence-corrected chi connectivity index (χ1v) is 13.1. The number of para-hydroxylation sites is 4. The molecule has 0 saturated carbocycles. The standard InChI is InChI=1S/2C12H10N.2C7H7.Zr/c2*1-3-7-11(8-4-1)13-12-9-5-2-6-10-12;2*1-7-5-3-2-4-6-7;/h2*1-10H;2*2-6H,1H2;/q4*-1;+4. The Bertz CT molecular complexity index is 1220. The van der Waals surface area contributed by atoms with Gasteiger partial charge in [0.05, 0.1) is 0 Å². The third kappa shape index (κ3) is 15.1. The van der Waals surface area contributed by atoms with Gasteiger partial charge in [-0.2, -0.15) is 49.2 Å². The second kappa shape index (κ2) is 20.4. The van der Waals surface area contributed by atoms with Gasteiger partial charge < -0.3 is 10.6 Å². The Balaban J connectivity index is 0.000000198. The molecule has 0 unspecified atom stereocenters. The van der Waals surface area contributed by atoms with E-state index in [1.165, 1.54) is 0 Å². The van der Waals surface area contributed by atoms with Crippen LogP contribution in [0.3, 0.4) is 0 Å². The molecular weight excluding hydrogens is 576 g/mol. The zero-order valence-corrected chi connectivity index (χ0v) is 25.6. The largest absolute Gasteiger partial charge is 4.00 e. The molecule has 0 N–H and O–H groups in total. The van der Waals surface area contributed by atoms with Gasteiger partial charge in [-0.1, -0.05) is 133 Å². The molecule has 0 amide bonds. The summed E-state index contributed by atoms with van der Waals surface area (Å²) in [7, 11) is 0. The number of hydrogen-bond donors (Lipinski definition) is 0. The first-order chi connectivity index (χ1) is 19.7. The van der Waals surface area contributed by atoms with Crippen molar-refractivity contribution in [3.63, 3.8) is 0 Å². The summed E-state index contributed by atoms with van der Waals surface area (Å²) in [6.07, 6.45) is 0. The van der Waals surface area contributed by atoms with E-state index in [0.29, 0.717) is 0 Å². The van der Waals surface area contributed by atoms with Crippen LogP contribution in [0.5, 0.6) is 0 Å². The number of hydrogen-bond acceptors (Lipinski definition) is 0. The Morgan fingerprint density at radius 1 is 0.268 bits per heavy atom. The smallest absolute Gasteiger partial charge is 0.658 e. The van der Waals surface area contributed by atoms with Crippen molar-refractivity contribution in [2.45, 2.75) is 0 Å². The van der Waals surface area contributed by atoms with E-state index in [-0.39, 0.29) is 26.2 Å². The third-order valence-electron chi connectivity index (χ3n) is 5.23. The third-order valence-corrected chi connectivity index (χ3v) is 5.23. The summed E-state index contributed by atoms with van der Waals surface area (Å²) in [4.78, 5) is 0. The predicted octanol–water partition coefficient (Wildman–Crippen LogP) is 11.8. The molecule has 0 aliphatic rings. The molecule has 200 valence electrons. The van der Waals surface area contributed by atoms with E-state index in [4.69, 9.17) is 0 Å². The maximum atomic E-state index is 4.44. The second-order valence-electron chi connectivity index (χ2n) is 8.54. The van der Waals surface area contributed by atoms with Crippen molar-refractivity contribution in [1.82, 2.24) is 0 Å². The molecule has 0 spiro atoms. The molecule has 0 saturated heterocycles. The van der Waals surface area contributed by atoms with Crippen molar-refractivity contribution in [3.8, 4) is 0 Å². The fourth-order valence-electron chi connectivity index (χ4n) is 3.26. The molecule has 2 nitrogen and oxygen atoms in total. The van der Waals surface area contributed by atoms with Crippen molar-refractivity contribution >= 4 is 22.7 Å². The van der Waals surface area contributed by atoms with Crippen LogP contribution >= 0.6 is 0 Å². The molecule has 0 aromatic heterocycles. The molecule has 41 heavy (non-hydrogen) atoms. The molecule has 0 aliphatic carbocycles. The normalized spacial score (nSPS) is 8.98. The Morgan fingerprint density at radius 3 is 0.585 bits per heavy atom. The first-order valence-electron chi connectivity index (χ1n) is 13.1. The summed E-state index contributed by atoms with van der Waals surface area (Å²) in [5, 5.41) is 8.88. The number of nitrogens with zero attached hydrogens (tertiary/aromatic N) is 2. The fraction of sp³-hybridized carbons (Fsp3) is 0. The molecule has 0 heterocycles. The summed E-state index contributed by atoms with van der Waals surface area (Å²) < 4.78 is 0. The Labute approximate surface area is 265 Å². The van der Waals surface area contributed by atoms with Crippen LogP contribution in [-0.2, 0) is 26.2 Å². The number of rotatable bonds is 4. The van der Waals surface area contributed by atoms with Crippen LogP contribution in [0.1, 0.15) is 11.1 Å². The van der Waals surface area contributed by atoms with Gasteiger partial charge in [0.25, 0.3) is 0 Å². The molecule has 6 aromatic carbocycles. The molecular formula is C38H34N2Zr. The minimum absolute atomic E-state index is 0. The van der Waals surface area contributed by atoms with Gasteiger partial charge in [-0.3, -0.25) is 0 Å². The fourth-order valence-corrected chi connectivity index (χ4v) is 3.26. The van der Waals surface area contributed by atoms with Crippen LogP contribution in [0.2, 0.25) is 0 Å². The summed E-state index contributed by atoms with van der Waals surface area (Å²) in [6.45, 7) is 7.44. The maximum Gasteiger partial charge on any atom is 4.00 e. The van der Waals surface area contributed by atoms with Crippen molar-refractivity contribution in [1.29, 1.82) is 0 Å². The monoisotopic (exact) mass is 608 g/mol. The molecule has 0 bridgehead atoms. The minimum atomic E-state index is 0. The Morgan fingerprint density at radius 2 is 0.439 bits per heavy atom. The minimum Gasteiger partial charge on any atom is -0.658 e. The Hall–Kier alpha value is -4.46. The van der Waals surface area contributed by atoms with Gasteiger partial charge >= 0.3 is 26.2 Å². The molecule has 0 radical (unpaired) electrons. The van der Waals surface area contributed by atoms with Gasteiger partial charge in [-0.25, -0.2) is 0 Å². The van der Waals surface area contributed by atoms with Crippen molar-refractivity contribution in [2.75, 3.05) is 0 Å². The molecule has 0 atom stereocenters. The molecule has 3 heteroatoms. The molecule has 6 rings (SSSR count). The van der Waals surface area contributed by atoms with Gasteiger partial charge in [0.1, 0.15) is 0 Å². The summed E-state index contributed by atoms with van der Waals surface area (Å²) in [5.41, 5.74) is 6.12. The van der Waals surface area contributed by atoms with E-state index in [0.717, 1.165) is 33.9 Å². The molecule has 0 aliphatic heterocycles. The van der Waals surface area contributed by atoms with E-state index in [1.807, 2.05) is 182 Å². The van der Waals surface area contributed by atoms with Gasteiger partial charge in [0, 0.05) is 0 Å². The van der Waals surface area contributed by atoms with Gasteiger partial charge in [-0.05, 0) is 0 Å². The van der Waals surface area contributed by atoms with Crippen LogP contribution in [0.4, 0.5) is 22.7 Å². The van der Waals surface area contributed by atoms with E-state index in [2.05, 4.69) is 24.5 Å². The predicted molar refractivity (Wildman–Crippen MR) is 173 cm³/mol. The van der Waals surface area contributed by atoms with Crippen LogP contribution in [-0.4, -0.2) is 0 Å². The van der Waals surface area contributed by atoms with Crippen LogP contribution < -0.4 is 0 Å². The first kappa shape index (κ1) is 32.8. The topological polar surface area (TPSA) is 28.2 Å². The van der Waals surface area contributed by atoms with Gasteiger partial charge in [0.15, 0.2) is 0 Å². The Kier molecular flexibility index (Phi) is 16.3. The zero-order valence-electron chi connectivity index (χ0n) is 23.1.